The number of nitrogens with zero attached hydrogens (tertiary/aromatic N) is 1. The molecule has 1 unspecified atom stereocenters. The molecule has 0 aliphatic carbocycles. The Morgan fingerprint density at radius 2 is 2.13 bits per heavy atom. The zero-order valence-electron chi connectivity index (χ0n) is 14.6. The molecule has 1 aliphatic rings. The number of methoxy groups -OCH3 is 1. The van der Waals surface area contributed by atoms with E-state index in [1.807, 2.05) is 19.1 Å². The second-order valence-electron chi connectivity index (χ2n) is 6.01. The summed E-state index contributed by atoms with van der Waals surface area (Å²) in [5.74, 6) is 2.59. The Hall–Kier alpha value is -1.53. The van der Waals surface area contributed by atoms with E-state index in [0.717, 1.165) is 50.1 Å². The molecule has 1 fully saturated rings. The molecule has 1 saturated heterocycles. The van der Waals surface area contributed by atoms with Crippen molar-refractivity contribution < 1.29 is 13.9 Å². The Bertz CT molecular complexity index is 507. The molecule has 1 atom stereocenters. The fourth-order valence-electron chi connectivity index (χ4n) is 2.68. The van der Waals surface area contributed by atoms with Crippen LogP contribution in [0.2, 0.25) is 0 Å². The first-order valence-electron chi connectivity index (χ1n) is 8.32. The predicted octanol–water partition coefficient (Wildman–Crippen LogP) is 2.40. The molecule has 6 heteroatoms. The van der Waals surface area contributed by atoms with Crippen LogP contribution in [-0.2, 0) is 9.47 Å². The molecule has 130 valence electrons. The minimum absolute atomic E-state index is 0.0506. The number of hydrogen-bond donors (Lipinski definition) is 2. The highest BCUT2D eigenvalue weighted by atomic mass is 16.5. The summed E-state index contributed by atoms with van der Waals surface area (Å²) in [7, 11) is 1.76. The van der Waals surface area contributed by atoms with Crippen molar-refractivity contribution in [3.05, 3.63) is 23.7 Å². The number of nitrogens with one attached hydrogen (secondary N) is 2. The lowest BCUT2D eigenvalue weighted by Crippen LogP contribution is -2.44. The zero-order valence-corrected chi connectivity index (χ0v) is 14.6. The number of furan rings is 1. The van der Waals surface area contributed by atoms with Crippen LogP contribution in [0.1, 0.15) is 44.3 Å². The van der Waals surface area contributed by atoms with Gasteiger partial charge in [-0.2, -0.15) is 0 Å². The van der Waals surface area contributed by atoms with Crippen molar-refractivity contribution in [2.75, 3.05) is 33.4 Å². The van der Waals surface area contributed by atoms with Crippen LogP contribution in [0.15, 0.2) is 21.5 Å². The number of aryl methyl sites for hydroxylation is 1. The van der Waals surface area contributed by atoms with E-state index in [1.54, 1.807) is 7.11 Å². The second kappa shape index (κ2) is 8.36. The standard InChI is InChI=1S/C17H29N3O3/c1-5-18-16(20-14(3)15-7-6-13(2)23-15)19-12-17(21-4)8-10-22-11-9-17/h6-7,14H,5,8-12H2,1-4H3,(H2,18,19,20). The summed E-state index contributed by atoms with van der Waals surface area (Å²) in [5.41, 5.74) is -0.217. The van der Waals surface area contributed by atoms with Gasteiger partial charge in [0.1, 0.15) is 11.5 Å². The van der Waals surface area contributed by atoms with Crippen molar-refractivity contribution in [3.8, 4) is 0 Å². The Morgan fingerprint density at radius 3 is 2.70 bits per heavy atom. The third-order valence-corrected chi connectivity index (χ3v) is 4.25. The van der Waals surface area contributed by atoms with Gasteiger partial charge in [-0.3, -0.25) is 4.99 Å². The Kier molecular flexibility index (Phi) is 6.47. The molecule has 1 aromatic rings. The van der Waals surface area contributed by atoms with Crippen LogP contribution in [0.3, 0.4) is 0 Å². The fourth-order valence-corrected chi connectivity index (χ4v) is 2.68. The summed E-state index contributed by atoms with van der Waals surface area (Å²) < 4.78 is 16.8. The van der Waals surface area contributed by atoms with Gasteiger partial charge in [-0.25, -0.2) is 0 Å². The highest BCUT2D eigenvalue weighted by Gasteiger charge is 2.32. The highest BCUT2D eigenvalue weighted by molar-refractivity contribution is 5.80. The third kappa shape index (κ3) is 4.97. The molecule has 2 rings (SSSR count). The molecule has 0 aromatic carbocycles. The van der Waals surface area contributed by atoms with E-state index in [9.17, 15) is 0 Å². The van der Waals surface area contributed by atoms with E-state index in [4.69, 9.17) is 18.9 Å². The van der Waals surface area contributed by atoms with Crippen molar-refractivity contribution in [3.63, 3.8) is 0 Å². The molecule has 23 heavy (non-hydrogen) atoms. The van der Waals surface area contributed by atoms with Crippen LogP contribution in [0.5, 0.6) is 0 Å². The maximum absolute atomic E-state index is 5.74. The van der Waals surface area contributed by atoms with E-state index in [2.05, 4.69) is 24.5 Å². The molecule has 0 spiro atoms. The molecule has 6 nitrogen and oxygen atoms in total. The first kappa shape index (κ1) is 17.8. The Morgan fingerprint density at radius 1 is 1.39 bits per heavy atom. The van der Waals surface area contributed by atoms with Crippen LogP contribution in [0.25, 0.3) is 0 Å². The lowest BCUT2D eigenvalue weighted by Gasteiger charge is -2.34. The number of guanidine groups is 1. The van der Waals surface area contributed by atoms with Crippen molar-refractivity contribution in [1.82, 2.24) is 10.6 Å². The van der Waals surface area contributed by atoms with Gasteiger partial charge >= 0.3 is 0 Å². The van der Waals surface area contributed by atoms with Gasteiger partial charge in [-0.05, 0) is 32.9 Å². The average Bonchev–Trinajstić information content (AvgIpc) is 3.00. The third-order valence-electron chi connectivity index (χ3n) is 4.25. The molecule has 0 amide bonds. The van der Waals surface area contributed by atoms with Crippen LogP contribution in [-0.4, -0.2) is 45.0 Å². The van der Waals surface area contributed by atoms with Gasteiger partial charge in [-0.15, -0.1) is 0 Å². The Labute approximate surface area is 138 Å². The molecular weight excluding hydrogens is 294 g/mol. The number of aliphatic imine (C=N–C) groups is 1. The van der Waals surface area contributed by atoms with Crippen molar-refractivity contribution in [2.45, 2.75) is 45.3 Å². The van der Waals surface area contributed by atoms with E-state index in [-0.39, 0.29) is 11.6 Å². The normalized spacial score (nSPS) is 19.4. The summed E-state index contributed by atoms with van der Waals surface area (Å²) in [4.78, 5) is 4.72. The van der Waals surface area contributed by atoms with E-state index in [0.29, 0.717) is 6.54 Å². The van der Waals surface area contributed by atoms with Crippen molar-refractivity contribution in [1.29, 1.82) is 0 Å². The summed E-state index contributed by atoms with van der Waals surface area (Å²) in [6.07, 6.45) is 1.75. The molecule has 0 radical (unpaired) electrons. The maximum atomic E-state index is 5.74. The summed E-state index contributed by atoms with van der Waals surface area (Å²) in [6.45, 7) is 8.95. The van der Waals surface area contributed by atoms with Crippen LogP contribution in [0, 0.1) is 6.92 Å². The van der Waals surface area contributed by atoms with Crippen LogP contribution in [0.4, 0.5) is 0 Å². The van der Waals surface area contributed by atoms with Crippen LogP contribution >= 0.6 is 0 Å². The number of rotatable bonds is 6. The maximum Gasteiger partial charge on any atom is 0.191 e. The highest BCUT2D eigenvalue weighted by Crippen LogP contribution is 2.24. The molecule has 0 bridgehead atoms. The molecule has 1 aromatic heterocycles. The first-order valence-corrected chi connectivity index (χ1v) is 8.32. The molecule has 2 heterocycles. The Balaban J connectivity index is 2.01. The molecule has 2 N–H and O–H groups in total. The van der Waals surface area contributed by atoms with Gasteiger partial charge < -0.3 is 24.5 Å². The largest absolute Gasteiger partial charge is 0.464 e. The van der Waals surface area contributed by atoms with Gasteiger partial charge in [0.05, 0.1) is 18.2 Å². The summed E-state index contributed by atoms with van der Waals surface area (Å²) in [5, 5.41) is 6.67. The quantitative estimate of drug-likeness (QED) is 0.621. The van der Waals surface area contributed by atoms with Gasteiger partial charge in [0.15, 0.2) is 5.96 Å². The predicted molar refractivity (Wildman–Crippen MR) is 90.8 cm³/mol. The van der Waals surface area contributed by atoms with Gasteiger partial charge in [0, 0.05) is 39.7 Å². The summed E-state index contributed by atoms with van der Waals surface area (Å²) in [6, 6.07) is 4.01. The zero-order chi connectivity index (χ0) is 16.7. The molecule has 0 saturated carbocycles. The van der Waals surface area contributed by atoms with Crippen molar-refractivity contribution in [2.24, 2.45) is 4.99 Å². The minimum Gasteiger partial charge on any atom is -0.464 e. The monoisotopic (exact) mass is 323 g/mol. The number of ether oxygens (including phenoxy) is 2. The van der Waals surface area contributed by atoms with E-state index >= 15 is 0 Å². The van der Waals surface area contributed by atoms with Gasteiger partial charge in [0.2, 0.25) is 0 Å². The van der Waals surface area contributed by atoms with Crippen molar-refractivity contribution >= 4 is 5.96 Å². The molecule has 1 aliphatic heterocycles. The SMILES string of the molecule is CCNC(=NCC1(OC)CCOCC1)NC(C)c1ccc(C)o1. The average molecular weight is 323 g/mol. The number of hydrogen-bond acceptors (Lipinski definition) is 4. The minimum atomic E-state index is -0.217. The van der Waals surface area contributed by atoms with E-state index in [1.165, 1.54) is 0 Å². The lowest BCUT2D eigenvalue weighted by atomic mass is 9.94. The lowest BCUT2D eigenvalue weighted by molar-refractivity contribution is -0.0828. The smallest absolute Gasteiger partial charge is 0.191 e. The second-order valence-corrected chi connectivity index (χ2v) is 6.01. The van der Waals surface area contributed by atoms with Gasteiger partial charge in [-0.1, -0.05) is 0 Å². The summed E-state index contributed by atoms with van der Waals surface area (Å²) >= 11 is 0. The topological polar surface area (TPSA) is 68.0 Å². The first-order chi connectivity index (χ1) is 11.1. The fraction of sp³-hybridized carbons (Fsp3) is 0.706. The molecular formula is C17H29N3O3. The van der Waals surface area contributed by atoms with Gasteiger partial charge in [0.25, 0.3) is 0 Å². The van der Waals surface area contributed by atoms with Crippen LogP contribution < -0.4 is 10.6 Å². The van der Waals surface area contributed by atoms with E-state index < -0.39 is 0 Å².